The van der Waals surface area contributed by atoms with Crippen molar-refractivity contribution in [2.24, 2.45) is 5.92 Å². The molecule has 1 aliphatic carbocycles. The van der Waals surface area contributed by atoms with E-state index in [1.54, 1.807) is 0 Å². The summed E-state index contributed by atoms with van der Waals surface area (Å²) in [4.78, 5) is 14.4. The van der Waals surface area contributed by atoms with Gasteiger partial charge in [-0.25, -0.2) is 9.97 Å². The summed E-state index contributed by atoms with van der Waals surface area (Å²) in [6, 6.07) is 6.84. The first-order valence-corrected chi connectivity index (χ1v) is 9.44. The van der Waals surface area contributed by atoms with Crippen LogP contribution >= 0.6 is 0 Å². The molecule has 25 heavy (non-hydrogen) atoms. The van der Waals surface area contributed by atoms with E-state index in [0.717, 1.165) is 58.3 Å². The lowest BCUT2D eigenvalue weighted by atomic mass is 10.0. The minimum atomic E-state index is 0.528. The Morgan fingerprint density at radius 2 is 1.88 bits per heavy atom. The number of aromatic nitrogens is 4. The maximum Gasteiger partial charge on any atom is 0.160 e. The molecule has 4 heteroatoms. The van der Waals surface area contributed by atoms with Crippen molar-refractivity contribution >= 4 is 11.2 Å². The monoisotopic (exact) mass is 334 g/mol. The molecule has 4 rings (SSSR count). The minimum Gasteiger partial charge on any atom is -0.309 e. The van der Waals surface area contributed by atoms with Gasteiger partial charge in [-0.2, -0.15) is 0 Å². The predicted octanol–water partition coefficient (Wildman–Crippen LogP) is 5.03. The number of fused-ring (bicyclic) bond motifs is 1. The summed E-state index contributed by atoms with van der Waals surface area (Å²) in [7, 11) is 0. The van der Waals surface area contributed by atoms with E-state index in [1.807, 2.05) is 13.1 Å². The molecule has 1 unspecified atom stereocenters. The topological polar surface area (TPSA) is 43.6 Å². The van der Waals surface area contributed by atoms with Crippen LogP contribution in [-0.4, -0.2) is 19.5 Å². The van der Waals surface area contributed by atoms with Crippen LogP contribution in [0, 0.1) is 19.8 Å². The Hall–Kier alpha value is -2.23. The SMILES string of the molecule is CCc1nc2c(-c3ccc(C)nc3C)ccnc2n1C(CC)C1CC1. The van der Waals surface area contributed by atoms with Crippen LogP contribution in [-0.2, 0) is 6.42 Å². The van der Waals surface area contributed by atoms with Gasteiger partial charge >= 0.3 is 0 Å². The predicted molar refractivity (Wildman–Crippen MR) is 102 cm³/mol. The molecular formula is C21H26N4. The summed E-state index contributed by atoms with van der Waals surface area (Å²) in [5, 5.41) is 0. The summed E-state index contributed by atoms with van der Waals surface area (Å²) in [6.07, 6.45) is 6.67. The van der Waals surface area contributed by atoms with Crippen molar-refractivity contribution in [1.82, 2.24) is 19.5 Å². The second-order valence-electron chi connectivity index (χ2n) is 7.18. The van der Waals surface area contributed by atoms with Crippen molar-refractivity contribution in [1.29, 1.82) is 0 Å². The third-order valence-electron chi connectivity index (χ3n) is 5.40. The molecule has 130 valence electrons. The summed E-state index contributed by atoms with van der Waals surface area (Å²) in [6.45, 7) is 8.58. The molecular weight excluding hydrogens is 308 g/mol. The molecule has 0 aromatic carbocycles. The summed E-state index contributed by atoms with van der Waals surface area (Å²) in [5.74, 6) is 1.95. The second-order valence-corrected chi connectivity index (χ2v) is 7.18. The van der Waals surface area contributed by atoms with Crippen LogP contribution in [0.25, 0.3) is 22.3 Å². The standard InChI is InChI=1S/C21H26N4/c1-5-18(15-8-9-15)25-19(6-2)24-20-17(11-12-22-21(20)25)16-10-7-13(3)23-14(16)4/h7,10-12,15,18H,5-6,8-9H2,1-4H3. The molecule has 4 nitrogen and oxygen atoms in total. The lowest BCUT2D eigenvalue weighted by Crippen LogP contribution is -2.13. The van der Waals surface area contributed by atoms with Gasteiger partial charge in [0.05, 0.1) is 0 Å². The van der Waals surface area contributed by atoms with Gasteiger partial charge in [-0.1, -0.05) is 19.9 Å². The molecule has 0 N–H and O–H groups in total. The molecule has 1 aliphatic rings. The van der Waals surface area contributed by atoms with Gasteiger partial charge in [-0.3, -0.25) is 4.98 Å². The van der Waals surface area contributed by atoms with Crippen molar-refractivity contribution in [3.63, 3.8) is 0 Å². The lowest BCUT2D eigenvalue weighted by molar-refractivity contribution is 0.427. The Bertz CT molecular complexity index is 921. The molecule has 3 aromatic rings. The van der Waals surface area contributed by atoms with E-state index in [1.165, 1.54) is 12.8 Å². The number of aryl methyl sites for hydroxylation is 3. The summed E-state index contributed by atoms with van der Waals surface area (Å²) in [5.41, 5.74) is 6.46. The van der Waals surface area contributed by atoms with E-state index >= 15 is 0 Å². The van der Waals surface area contributed by atoms with Crippen LogP contribution < -0.4 is 0 Å². The van der Waals surface area contributed by atoms with Crippen molar-refractivity contribution in [2.75, 3.05) is 0 Å². The Morgan fingerprint density at radius 1 is 1.08 bits per heavy atom. The van der Waals surface area contributed by atoms with Gasteiger partial charge in [0.1, 0.15) is 11.3 Å². The zero-order valence-corrected chi connectivity index (χ0v) is 15.6. The second kappa shape index (κ2) is 6.25. The highest BCUT2D eigenvalue weighted by molar-refractivity contribution is 5.90. The number of hydrogen-bond donors (Lipinski definition) is 0. The third-order valence-corrected chi connectivity index (χ3v) is 5.40. The van der Waals surface area contributed by atoms with E-state index in [2.05, 4.69) is 48.5 Å². The van der Waals surface area contributed by atoms with Gasteiger partial charge in [0.2, 0.25) is 0 Å². The molecule has 0 aliphatic heterocycles. The Labute approximate surface area is 149 Å². The van der Waals surface area contributed by atoms with Gasteiger partial charge in [0.15, 0.2) is 5.65 Å². The molecule has 0 bridgehead atoms. The average molecular weight is 334 g/mol. The highest BCUT2D eigenvalue weighted by Gasteiger charge is 2.33. The van der Waals surface area contributed by atoms with Crippen LogP contribution in [0.1, 0.15) is 56.4 Å². The fourth-order valence-electron chi connectivity index (χ4n) is 4.03. The normalized spacial score (nSPS) is 15.7. The Kier molecular flexibility index (Phi) is 4.06. The van der Waals surface area contributed by atoms with Crippen LogP contribution in [0.5, 0.6) is 0 Å². The fourth-order valence-corrected chi connectivity index (χ4v) is 4.03. The highest BCUT2D eigenvalue weighted by atomic mass is 15.2. The maximum atomic E-state index is 5.02. The molecule has 1 atom stereocenters. The fraction of sp³-hybridized carbons (Fsp3) is 0.476. The molecule has 3 heterocycles. The molecule has 0 spiro atoms. The average Bonchev–Trinajstić information content (AvgIpc) is 3.36. The number of rotatable bonds is 5. The van der Waals surface area contributed by atoms with E-state index < -0.39 is 0 Å². The quantitative estimate of drug-likeness (QED) is 0.657. The van der Waals surface area contributed by atoms with Crippen molar-refractivity contribution in [2.45, 2.75) is 59.4 Å². The summed E-state index contributed by atoms with van der Waals surface area (Å²) < 4.78 is 2.42. The van der Waals surface area contributed by atoms with Crippen LogP contribution in [0.4, 0.5) is 0 Å². The number of nitrogens with zero attached hydrogens (tertiary/aromatic N) is 4. The summed E-state index contributed by atoms with van der Waals surface area (Å²) >= 11 is 0. The Morgan fingerprint density at radius 3 is 2.52 bits per heavy atom. The first-order valence-electron chi connectivity index (χ1n) is 9.44. The van der Waals surface area contributed by atoms with Crippen molar-refractivity contribution in [3.05, 3.63) is 41.6 Å². The molecule has 3 aromatic heterocycles. The van der Waals surface area contributed by atoms with Gasteiger partial charge < -0.3 is 4.57 Å². The third kappa shape index (κ3) is 2.74. The smallest absolute Gasteiger partial charge is 0.160 e. The van der Waals surface area contributed by atoms with Crippen LogP contribution in [0.15, 0.2) is 24.4 Å². The van der Waals surface area contributed by atoms with E-state index in [0.29, 0.717) is 6.04 Å². The first-order chi connectivity index (χ1) is 12.1. The largest absolute Gasteiger partial charge is 0.309 e. The number of imidazole rings is 1. The Balaban J connectivity index is 1.94. The first kappa shape index (κ1) is 16.2. The van der Waals surface area contributed by atoms with Gasteiger partial charge in [0, 0.05) is 41.2 Å². The van der Waals surface area contributed by atoms with E-state index in [9.17, 15) is 0 Å². The molecule has 0 saturated heterocycles. The van der Waals surface area contributed by atoms with Crippen molar-refractivity contribution < 1.29 is 0 Å². The van der Waals surface area contributed by atoms with Crippen LogP contribution in [0.3, 0.4) is 0 Å². The highest BCUT2D eigenvalue weighted by Crippen LogP contribution is 2.43. The molecule has 0 amide bonds. The number of pyridine rings is 2. The molecule has 1 saturated carbocycles. The van der Waals surface area contributed by atoms with Gasteiger partial charge in [-0.15, -0.1) is 0 Å². The van der Waals surface area contributed by atoms with Crippen molar-refractivity contribution in [3.8, 4) is 11.1 Å². The minimum absolute atomic E-state index is 0.528. The maximum absolute atomic E-state index is 5.02. The molecule has 0 radical (unpaired) electrons. The number of hydrogen-bond acceptors (Lipinski definition) is 3. The zero-order chi connectivity index (χ0) is 17.6. The molecule has 1 fully saturated rings. The van der Waals surface area contributed by atoms with Gasteiger partial charge in [0.25, 0.3) is 0 Å². The van der Waals surface area contributed by atoms with Crippen LogP contribution in [0.2, 0.25) is 0 Å². The lowest BCUT2D eigenvalue weighted by Gasteiger charge is -2.19. The van der Waals surface area contributed by atoms with Gasteiger partial charge in [-0.05, 0) is 51.2 Å². The van der Waals surface area contributed by atoms with E-state index in [4.69, 9.17) is 9.97 Å². The zero-order valence-electron chi connectivity index (χ0n) is 15.6. The van der Waals surface area contributed by atoms with E-state index in [-0.39, 0.29) is 0 Å².